The van der Waals surface area contributed by atoms with Gasteiger partial charge in [-0.25, -0.2) is 0 Å². The molecule has 2 atom stereocenters. The monoisotopic (exact) mass is 873 g/mol. The Kier molecular flexibility index (Phi) is 17.3. The molecule has 4 aliphatic heterocycles. The van der Waals surface area contributed by atoms with E-state index in [0.29, 0.717) is 31.9 Å². The minimum atomic E-state index is -0.754. The molecule has 4 heterocycles. The Balaban J connectivity index is 0.000000234. The van der Waals surface area contributed by atoms with E-state index in [-0.39, 0.29) is 40.1 Å². The van der Waals surface area contributed by atoms with Crippen molar-refractivity contribution in [2.24, 2.45) is 5.92 Å². The molecule has 2 unspecified atom stereocenters. The van der Waals surface area contributed by atoms with Crippen LogP contribution < -0.4 is 5.32 Å². The van der Waals surface area contributed by atoms with E-state index in [9.17, 15) is 14.7 Å². The molecule has 6 fully saturated rings. The van der Waals surface area contributed by atoms with E-state index in [1.165, 1.54) is 77.0 Å². The number of piperidine rings is 2. The number of likely N-dealkylation sites (tertiary alicyclic amines) is 1. The van der Waals surface area contributed by atoms with Gasteiger partial charge in [0.25, 0.3) is 11.8 Å². The Hall–Kier alpha value is -1.30. The van der Waals surface area contributed by atoms with Crippen LogP contribution in [0.3, 0.4) is 0 Å². The van der Waals surface area contributed by atoms with Crippen LogP contribution in [0.15, 0.2) is 0 Å². The number of hydrogen-bond acceptors (Lipinski definition) is 8. The van der Waals surface area contributed by atoms with Crippen LogP contribution in [-0.4, -0.2) is 116 Å². The van der Waals surface area contributed by atoms with Gasteiger partial charge >= 0.3 is 0 Å². The van der Waals surface area contributed by atoms with Crippen LogP contribution >= 0.6 is 0 Å². The summed E-state index contributed by atoms with van der Waals surface area (Å²) in [6, 6.07) is 0. The van der Waals surface area contributed by atoms with Crippen molar-refractivity contribution in [3.63, 3.8) is 0 Å². The molecular weight excluding hydrogens is 777 g/mol. The number of β-amino-alcohol motifs (C(OH)–C–C–N with tert-alkyl or cyclic N) is 1. The Labute approximate surface area is 380 Å². The molecule has 2 aliphatic carbocycles. The number of aliphatic hydroxyl groups is 1. The van der Waals surface area contributed by atoms with Crippen molar-refractivity contribution in [1.82, 2.24) is 20.0 Å². The largest absolute Gasteiger partial charge is 0.392 e. The van der Waals surface area contributed by atoms with E-state index in [1.54, 1.807) is 7.11 Å². The van der Waals surface area contributed by atoms with Crippen LogP contribution in [0, 0.1) is 5.92 Å². The van der Waals surface area contributed by atoms with Crippen molar-refractivity contribution >= 4 is 11.8 Å². The van der Waals surface area contributed by atoms with Crippen molar-refractivity contribution in [3.8, 4) is 0 Å². The highest BCUT2D eigenvalue weighted by Crippen LogP contribution is 2.54. The van der Waals surface area contributed by atoms with Gasteiger partial charge in [0.15, 0.2) is 11.2 Å². The summed E-state index contributed by atoms with van der Waals surface area (Å²) in [5.74, 6) is 0.706. The summed E-state index contributed by atoms with van der Waals surface area (Å²) in [5.41, 5.74) is -3.10. The second-order valence-corrected chi connectivity index (χ2v) is 24.0. The fourth-order valence-electron chi connectivity index (χ4n) is 13.8. The number of ether oxygens (including phenoxy) is 3. The summed E-state index contributed by atoms with van der Waals surface area (Å²) in [4.78, 5) is 34.7. The lowest BCUT2D eigenvalue weighted by Crippen LogP contribution is -2.68. The topological polar surface area (TPSA) is 104 Å². The van der Waals surface area contributed by atoms with E-state index in [2.05, 4.69) is 77.4 Å². The van der Waals surface area contributed by atoms with Crippen LogP contribution in [0.1, 0.15) is 230 Å². The van der Waals surface area contributed by atoms with Gasteiger partial charge in [0.05, 0.1) is 12.7 Å². The molecule has 6 rings (SSSR count). The molecule has 4 saturated heterocycles. The number of likely N-dealkylation sites (N-methyl/N-ethyl adjacent to an activating group) is 1. The maximum absolute atomic E-state index is 14.2. The number of aliphatic hydroxyl groups excluding tert-OH is 1. The average Bonchev–Trinajstić information content (AvgIpc) is 3.42. The van der Waals surface area contributed by atoms with Crippen molar-refractivity contribution in [2.75, 3.05) is 33.9 Å². The summed E-state index contributed by atoms with van der Waals surface area (Å²) >= 11 is 0. The predicted molar refractivity (Wildman–Crippen MR) is 252 cm³/mol. The second-order valence-electron chi connectivity index (χ2n) is 24.0. The van der Waals surface area contributed by atoms with E-state index >= 15 is 0 Å². The quantitative estimate of drug-likeness (QED) is 0.261. The third-order valence-electron chi connectivity index (χ3n) is 15.8. The maximum atomic E-state index is 14.2. The molecule has 0 bridgehead atoms. The lowest BCUT2D eigenvalue weighted by atomic mass is 9.70. The zero-order chi connectivity index (χ0) is 45.7. The Morgan fingerprint density at radius 3 is 1.42 bits per heavy atom. The predicted octanol–water partition coefficient (Wildman–Crippen LogP) is 10.7. The van der Waals surface area contributed by atoms with Gasteiger partial charge in [0, 0.05) is 75.1 Å². The lowest BCUT2D eigenvalue weighted by Gasteiger charge is -2.58. The van der Waals surface area contributed by atoms with Gasteiger partial charge in [0.2, 0.25) is 0 Å². The molecule has 2 saturated carbocycles. The van der Waals surface area contributed by atoms with Gasteiger partial charge in [-0.2, -0.15) is 0 Å². The molecule has 62 heavy (non-hydrogen) atoms. The molecule has 2 amide bonds. The third kappa shape index (κ3) is 12.0. The number of rotatable bonds is 7. The van der Waals surface area contributed by atoms with Crippen LogP contribution in [0.4, 0.5) is 0 Å². The van der Waals surface area contributed by atoms with Gasteiger partial charge in [-0.15, -0.1) is 0 Å². The highest BCUT2D eigenvalue weighted by atomic mass is 16.6. The average molecular weight is 873 g/mol. The zero-order valence-corrected chi connectivity index (χ0v) is 42.3. The number of nitrogens with zero attached hydrogens (tertiary/aromatic N) is 3. The Bertz CT molecular complexity index is 1400. The summed E-state index contributed by atoms with van der Waals surface area (Å²) in [6.07, 6.45) is 27.2. The molecule has 0 aromatic heterocycles. The molecule has 0 aromatic carbocycles. The molecule has 6 aliphatic rings. The Morgan fingerprint density at radius 2 is 1.00 bits per heavy atom. The first-order valence-corrected chi connectivity index (χ1v) is 25.8. The first-order valence-electron chi connectivity index (χ1n) is 25.8. The third-order valence-corrected chi connectivity index (χ3v) is 15.8. The summed E-state index contributed by atoms with van der Waals surface area (Å²) in [7, 11) is 3.74. The van der Waals surface area contributed by atoms with Crippen molar-refractivity contribution in [1.29, 1.82) is 0 Å². The van der Waals surface area contributed by atoms with Crippen LogP contribution in [0.5, 0.6) is 0 Å². The molecule has 0 radical (unpaired) electrons. The van der Waals surface area contributed by atoms with Gasteiger partial charge in [-0.3, -0.25) is 14.5 Å². The smallest absolute Gasteiger partial charge is 0.257 e. The normalized spacial score (nSPS) is 29.4. The van der Waals surface area contributed by atoms with Gasteiger partial charge < -0.3 is 34.4 Å². The molecule has 2 N–H and O–H groups in total. The fraction of sp³-hybridized carbons (Fsp3) is 0.962. The molecular formula is C52H96N4O6. The second kappa shape index (κ2) is 20.7. The first-order chi connectivity index (χ1) is 29.0. The lowest BCUT2D eigenvalue weighted by molar-refractivity contribution is -0.201. The van der Waals surface area contributed by atoms with E-state index < -0.39 is 22.7 Å². The number of carbonyl (C=O) groups is 2. The number of carbonyl (C=O) groups excluding carboxylic acids is 2. The van der Waals surface area contributed by atoms with Gasteiger partial charge in [-0.1, -0.05) is 90.9 Å². The van der Waals surface area contributed by atoms with Crippen molar-refractivity contribution in [2.45, 2.75) is 281 Å². The first kappa shape index (κ1) is 51.7. The molecule has 4 spiro atoms. The highest BCUT2D eigenvalue weighted by Gasteiger charge is 2.66. The molecule has 360 valence electrons. The van der Waals surface area contributed by atoms with E-state index in [0.717, 1.165) is 77.2 Å². The van der Waals surface area contributed by atoms with Gasteiger partial charge in [0.1, 0.15) is 11.4 Å². The van der Waals surface area contributed by atoms with Crippen LogP contribution in [0.25, 0.3) is 0 Å². The number of hydrogen-bond donors (Lipinski definition) is 2. The van der Waals surface area contributed by atoms with Crippen LogP contribution in [0.2, 0.25) is 0 Å². The maximum Gasteiger partial charge on any atom is 0.257 e. The minimum Gasteiger partial charge on any atom is -0.392 e. The van der Waals surface area contributed by atoms with E-state index in [1.807, 2.05) is 18.9 Å². The molecule has 10 nitrogen and oxygen atoms in total. The van der Waals surface area contributed by atoms with Crippen molar-refractivity contribution < 1.29 is 28.9 Å². The highest BCUT2D eigenvalue weighted by molar-refractivity contribution is 5.89. The SMILES string of the molecule is CCC(O)CN1C(C)(C)CC2(CC1(C)C)OC1(CCCCCCCCCC1)N(C)C2=O.COCC(C)CN1C(=O)C2(CC(C)(C)NC(C)(C)C2)OC12CCCCCCCCCC2. The summed E-state index contributed by atoms with van der Waals surface area (Å²) in [5, 5.41) is 14.2. The number of amides is 2. The van der Waals surface area contributed by atoms with Crippen molar-refractivity contribution in [3.05, 3.63) is 0 Å². The fourth-order valence-corrected chi connectivity index (χ4v) is 13.8. The summed E-state index contributed by atoms with van der Waals surface area (Å²) < 4.78 is 19.7. The van der Waals surface area contributed by atoms with E-state index in [4.69, 9.17) is 14.2 Å². The molecule has 0 aromatic rings. The van der Waals surface area contributed by atoms with Crippen LogP contribution in [-0.2, 0) is 23.8 Å². The number of methoxy groups -OCH3 is 1. The minimum absolute atomic E-state index is 0.139. The summed E-state index contributed by atoms with van der Waals surface area (Å²) in [6.45, 7) is 24.0. The van der Waals surface area contributed by atoms with Gasteiger partial charge in [-0.05, 0) is 119 Å². The Morgan fingerprint density at radius 1 is 0.613 bits per heavy atom. The molecule has 10 heteroatoms. The number of nitrogens with one attached hydrogen (secondary N) is 1. The zero-order valence-electron chi connectivity index (χ0n) is 42.3. The standard InChI is InChI=1S/2C26H48N2O3/c1-21(18-30-6)17-28-22(29)25(19-23(2,3)27-24(4,5)20-25)31-26(28)15-13-11-9-7-8-10-12-14-16-26;1-7-21(29)18-28-23(2,3)19-25(20-24(28,4)5)22(30)27(6)26(31-25)16-14-12-10-8-9-11-13-15-17-26/h21,27H,7-20H2,1-6H3;21,29H,7-20H2,1-6H3.